The van der Waals surface area contributed by atoms with Gasteiger partial charge in [0.15, 0.2) is 0 Å². The number of rotatable bonds is 19. The summed E-state index contributed by atoms with van der Waals surface area (Å²) in [4.78, 5) is 0. The monoisotopic (exact) mass is 367 g/mol. The summed E-state index contributed by atoms with van der Waals surface area (Å²) in [6.07, 6.45) is 25.4. The van der Waals surface area contributed by atoms with Crippen LogP contribution in [0, 0.1) is 6.92 Å². The zero-order chi connectivity index (χ0) is 18.7. The highest BCUT2D eigenvalue weighted by atomic mass is 16.5. The van der Waals surface area contributed by atoms with Crippen molar-refractivity contribution in [1.82, 2.24) is 0 Å². The summed E-state index contributed by atoms with van der Waals surface area (Å²) < 4.78 is 11.4. The molecule has 1 aliphatic rings. The third-order valence-electron chi connectivity index (χ3n) is 5.64. The summed E-state index contributed by atoms with van der Waals surface area (Å²) in [5.41, 5.74) is 0. The van der Waals surface area contributed by atoms with Crippen molar-refractivity contribution in [3.8, 4) is 0 Å². The minimum absolute atomic E-state index is 0.194. The summed E-state index contributed by atoms with van der Waals surface area (Å²) in [6, 6.07) is 0. The molecule has 1 radical (unpaired) electrons. The highest BCUT2D eigenvalue weighted by Gasteiger charge is 2.21. The van der Waals surface area contributed by atoms with Gasteiger partial charge in [-0.1, -0.05) is 103 Å². The van der Waals surface area contributed by atoms with Gasteiger partial charge >= 0.3 is 0 Å². The van der Waals surface area contributed by atoms with Gasteiger partial charge in [0.2, 0.25) is 0 Å². The number of ether oxygens (including phenoxy) is 2. The van der Waals surface area contributed by atoms with Crippen LogP contribution in [0.15, 0.2) is 0 Å². The van der Waals surface area contributed by atoms with E-state index in [1.807, 2.05) is 0 Å². The standard InChI is InChI=1S/C24H47O2/c1-3-4-5-6-7-8-9-10-11-12-13-14-15-16-17-18-21-25-22-24-20-19-23(2)26-24/h23-24H,2-22H2,1H3/t23-,24-/m0/s1. The largest absolute Gasteiger partial charge is 0.379 e. The molecule has 2 atom stereocenters. The molecular formula is C24H47O2. The molecule has 2 nitrogen and oxygen atoms in total. The average molecular weight is 368 g/mol. The highest BCUT2D eigenvalue weighted by Crippen LogP contribution is 2.19. The lowest BCUT2D eigenvalue weighted by Crippen LogP contribution is -2.16. The molecule has 2 heteroatoms. The van der Waals surface area contributed by atoms with Gasteiger partial charge in [-0.3, -0.25) is 0 Å². The van der Waals surface area contributed by atoms with Crippen LogP contribution in [-0.4, -0.2) is 25.4 Å². The van der Waals surface area contributed by atoms with Crippen molar-refractivity contribution in [2.75, 3.05) is 13.2 Å². The molecule has 1 rings (SSSR count). The van der Waals surface area contributed by atoms with E-state index < -0.39 is 0 Å². The Labute approximate surface area is 164 Å². The lowest BCUT2D eigenvalue weighted by molar-refractivity contribution is -0.00292. The second-order valence-electron chi connectivity index (χ2n) is 8.34. The van der Waals surface area contributed by atoms with Crippen molar-refractivity contribution in [1.29, 1.82) is 0 Å². The minimum Gasteiger partial charge on any atom is -0.379 e. The summed E-state index contributed by atoms with van der Waals surface area (Å²) >= 11 is 0. The second kappa shape index (κ2) is 18.3. The van der Waals surface area contributed by atoms with E-state index in [1.165, 1.54) is 103 Å². The summed E-state index contributed by atoms with van der Waals surface area (Å²) in [5.74, 6) is 0. The Hall–Kier alpha value is -0.0800. The van der Waals surface area contributed by atoms with Crippen LogP contribution in [-0.2, 0) is 9.47 Å². The molecule has 1 heterocycles. The zero-order valence-corrected chi connectivity index (χ0v) is 17.8. The Morgan fingerprint density at radius 1 is 0.692 bits per heavy atom. The van der Waals surface area contributed by atoms with Gasteiger partial charge in [0.1, 0.15) is 0 Å². The van der Waals surface area contributed by atoms with Crippen molar-refractivity contribution in [2.24, 2.45) is 0 Å². The lowest BCUT2D eigenvalue weighted by Gasteiger charge is -2.11. The van der Waals surface area contributed by atoms with Gasteiger partial charge in [0, 0.05) is 6.61 Å². The van der Waals surface area contributed by atoms with E-state index in [9.17, 15) is 0 Å². The molecule has 0 aromatic heterocycles. The SMILES string of the molecule is [CH2][C@H]1CC[C@@H](COCCCCCCCCCCCCCCCCCC)O1. The zero-order valence-electron chi connectivity index (χ0n) is 17.8. The first-order chi connectivity index (χ1) is 12.8. The van der Waals surface area contributed by atoms with Crippen LogP contribution >= 0.6 is 0 Å². The van der Waals surface area contributed by atoms with E-state index in [4.69, 9.17) is 9.47 Å². The first-order valence-corrected chi connectivity index (χ1v) is 11.9. The van der Waals surface area contributed by atoms with Gasteiger partial charge < -0.3 is 9.47 Å². The summed E-state index contributed by atoms with van der Waals surface area (Å²) in [5, 5.41) is 0. The van der Waals surface area contributed by atoms with Crippen LogP contribution in [0.1, 0.15) is 122 Å². The molecule has 26 heavy (non-hydrogen) atoms. The number of hydrogen-bond donors (Lipinski definition) is 0. The molecule has 155 valence electrons. The highest BCUT2D eigenvalue weighted by molar-refractivity contribution is 4.74. The third-order valence-corrected chi connectivity index (χ3v) is 5.64. The van der Waals surface area contributed by atoms with Gasteiger partial charge in [-0.2, -0.15) is 0 Å². The van der Waals surface area contributed by atoms with E-state index in [2.05, 4.69) is 13.8 Å². The topological polar surface area (TPSA) is 18.5 Å². The molecule has 1 fully saturated rings. The van der Waals surface area contributed by atoms with Crippen LogP contribution < -0.4 is 0 Å². The molecule has 0 unspecified atom stereocenters. The average Bonchev–Trinajstić information content (AvgIpc) is 3.06. The van der Waals surface area contributed by atoms with Crippen molar-refractivity contribution in [3.63, 3.8) is 0 Å². The Balaban J connectivity index is 1.65. The lowest BCUT2D eigenvalue weighted by atomic mass is 10.0. The summed E-state index contributed by atoms with van der Waals surface area (Å²) in [6.45, 7) is 7.90. The van der Waals surface area contributed by atoms with Gasteiger partial charge in [-0.25, -0.2) is 0 Å². The Morgan fingerprint density at radius 3 is 1.58 bits per heavy atom. The fourth-order valence-corrected chi connectivity index (χ4v) is 3.87. The molecule has 1 aliphatic heterocycles. The Bertz CT molecular complexity index is 279. The fourth-order valence-electron chi connectivity index (χ4n) is 3.87. The summed E-state index contributed by atoms with van der Waals surface area (Å²) in [7, 11) is 0. The first-order valence-electron chi connectivity index (χ1n) is 11.9. The molecule has 0 amide bonds. The number of hydrogen-bond acceptors (Lipinski definition) is 2. The van der Waals surface area contributed by atoms with Gasteiger partial charge in [-0.15, -0.1) is 0 Å². The predicted molar refractivity (Wildman–Crippen MR) is 114 cm³/mol. The molecule has 0 spiro atoms. The van der Waals surface area contributed by atoms with Crippen LogP contribution in [0.5, 0.6) is 0 Å². The minimum atomic E-state index is 0.194. The first kappa shape index (κ1) is 24.0. The molecular weight excluding hydrogens is 320 g/mol. The molecule has 0 aromatic rings. The molecule has 0 aromatic carbocycles. The maximum absolute atomic E-state index is 5.73. The predicted octanol–water partition coefficient (Wildman–Crippen LogP) is 7.65. The Morgan fingerprint density at radius 2 is 1.15 bits per heavy atom. The molecule has 0 aliphatic carbocycles. The van der Waals surface area contributed by atoms with E-state index in [0.29, 0.717) is 6.10 Å². The van der Waals surface area contributed by atoms with Gasteiger partial charge in [0.05, 0.1) is 18.8 Å². The van der Waals surface area contributed by atoms with Gasteiger partial charge in [-0.05, 0) is 26.2 Å². The van der Waals surface area contributed by atoms with E-state index >= 15 is 0 Å². The maximum Gasteiger partial charge on any atom is 0.0813 e. The molecule has 0 bridgehead atoms. The van der Waals surface area contributed by atoms with Crippen molar-refractivity contribution < 1.29 is 9.47 Å². The van der Waals surface area contributed by atoms with E-state index in [0.717, 1.165) is 26.1 Å². The van der Waals surface area contributed by atoms with Gasteiger partial charge in [0.25, 0.3) is 0 Å². The maximum atomic E-state index is 5.73. The molecule has 0 saturated carbocycles. The third kappa shape index (κ3) is 15.0. The van der Waals surface area contributed by atoms with Crippen LogP contribution in [0.4, 0.5) is 0 Å². The molecule has 0 N–H and O–H groups in total. The van der Waals surface area contributed by atoms with Crippen molar-refractivity contribution in [2.45, 2.75) is 135 Å². The fraction of sp³-hybridized carbons (Fsp3) is 0.958. The van der Waals surface area contributed by atoms with E-state index in [1.54, 1.807) is 0 Å². The van der Waals surface area contributed by atoms with Crippen LogP contribution in [0.2, 0.25) is 0 Å². The normalized spacial score (nSPS) is 20.1. The van der Waals surface area contributed by atoms with Crippen LogP contribution in [0.25, 0.3) is 0 Å². The Kier molecular flexibility index (Phi) is 16.9. The molecule has 1 saturated heterocycles. The second-order valence-corrected chi connectivity index (χ2v) is 8.34. The van der Waals surface area contributed by atoms with E-state index in [-0.39, 0.29) is 6.10 Å². The smallest absolute Gasteiger partial charge is 0.0813 e. The van der Waals surface area contributed by atoms with Crippen LogP contribution in [0.3, 0.4) is 0 Å². The van der Waals surface area contributed by atoms with Crippen molar-refractivity contribution in [3.05, 3.63) is 6.92 Å². The van der Waals surface area contributed by atoms with Crippen molar-refractivity contribution >= 4 is 0 Å². The number of unbranched alkanes of at least 4 members (excludes halogenated alkanes) is 15. The quantitative estimate of drug-likeness (QED) is 0.218.